The highest BCUT2D eigenvalue weighted by molar-refractivity contribution is 6.34. The number of aliphatic carboxylic acids is 1. The lowest BCUT2D eigenvalue weighted by molar-refractivity contribution is -0.137. The summed E-state index contributed by atoms with van der Waals surface area (Å²) in [5.41, 5.74) is 6.78. The third-order valence-electron chi connectivity index (χ3n) is 5.28. The van der Waals surface area contributed by atoms with E-state index in [2.05, 4.69) is 10.3 Å². The molecule has 1 aromatic carbocycles. The van der Waals surface area contributed by atoms with Crippen LogP contribution in [0.1, 0.15) is 53.8 Å². The van der Waals surface area contributed by atoms with Crippen LogP contribution < -0.4 is 5.32 Å². The Morgan fingerprint density at radius 1 is 1.15 bits per heavy atom. The van der Waals surface area contributed by atoms with Gasteiger partial charge < -0.3 is 15.4 Å². The number of carboxylic acids is 1. The number of aromatic amines is 1. The number of nitrogens with one attached hydrogen (secondary N) is 2. The fraction of sp³-hybridized carbons (Fsp3) is 0.333. The number of aryl methyl sites for hydroxylation is 1. The van der Waals surface area contributed by atoms with Crippen molar-refractivity contribution in [2.24, 2.45) is 0 Å². The Hall–Kier alpha value is -2.82. The number of rotatable bonds is 4. The Bertz CT molecular complexity index is 908. The molecule has 2 aliphatic rings. The number of carbonyl (C=O) groups is 2. The normalized spacial score (nSPS) is 17.5. The second-order valence-corrected chi connectivity index (χ2v) is 6.99. The van der Waals surface area contributed by atoms with E-state index in [1.807, 2.05) is 30.3 Å². The van der Waals surface area contributed by atoms with Gasteiger partial charge in [-0.3, -0.25) is 9.59 Å². The fourth-order valence-corrected chi connectivity index (χ4v) is 4.02. The number of hydrogen-bond acceptors (Lipinski definition) is 2. The number of H-pyrrole nitrogens is 1. The summed E-state index contributed by atoms with van der Waals surface area (Å²) >= 11 is 0. The maximum atomic E-state index is 12.4. The molecular weight excluding hydrogens is 328 g/mol. The summed E-state index contributed by atoms with van der Waals surface area (Å²) in [4.78, 5) is 27.0. The number of amides is 1. The van der Waals surface area contributed by atoms with E-state index in [-0.39, 0.29) is 12.3 Å². The van der Waals surface area contributed by atoms with Gasteiger partial charge in [-0.15, -0.1) is 0 Å². The van der Waals surface area contributed by atoms with E-state index in [1.54, 1.807) is 0 Å². The maximum absolute atomic E-state index is 12.4. The van der Waals surface area contributed by atoms with Crippen LogP contribution in [0.3, 0.4) is 0 Å². The van der Waals surface area contributed by atoms with Gasteiger partial charge in [0.15, 0.2) is 0 Å². The predicted octanol–water partition coefficient (Wildman–Crippen LogP) is 3.79. The average molecular weight is 350 g/mol. The monoisotopic (exact) mass is 350 g/mol. The smallest absolute Gasteiger partial charge is 0.303 e. The third kappa shape index (κ3) is 3.05. The number of aromatic nitrogens is 1. The van der Waals surface area contributed by atoms with Crippen LogP contribution >= 0.6 is 0 Å². The van der Waals surface area contributed by atoms with Crippen LogP contribution in [0.25, 0.3) is 11.6 Å². The Balaban J connectivity index is 1.78. The zero-order valence-electron chi connectivity index (χ0n) is 14.6. The van der Waals surface area contributed by atoms with Gasteiger partial charge in [0.1, 0.15) is 0 Å². The van der Waals surface area contributed by atoms with E-state index in [0.29, 0.717) is 12.0 Å². The van der Waals surface area contributed by atoms with Crippen molar-refractivity contribution in [3.05, 3.63) is 52.3 Å². The van der Waals surface area contributed by atoms with E-state index in [1.165, 1.54) is 17.7 Å². The first kappa shape index (κ1) is 16.6. The molecule has 0 bridgehead atoms. The zero-order chi connectivity index (χ0) is 18.1. The van der Waals surface area contributed by atoms with Gasteiger partial charge in [0, 0.05) is 29.1 Å². The molecule has 0 unspecified atom stereocenters. The molecule has 2 heterocycles. The van der Waals surface area contributed by atoms with Crippen LogP contribution in [-0.4, -0.2) is 22.0 Å². The molecule has 5 heteroatoms. The Kier molecular flexibility index (Phi) is 4.37. The van der Waals surface area contributed by atoms with Crippen molar-refractivity contribution in [3.63, 3.8) is 0 Å². The molecule has 1 amide bonds. The highest BCUT2D eigenvalue weighted by Crippen LogP contribution is 2.35. The van der Waals surface area contributed by atoms with Crippen LogP contribution in [0, 0.1) is 0 Å². The molecule has 5 nitrogen and oxygen atoms in total. The summed E-state index contributed by atoms with van der Waals surface area (Å²) < 4.78 is 0. The highest BCUT2D eigenvalue weighted by Gasteiger charge is 2.25. The minimum Gasteiger partial charge on any atom is -0.481 e. The first-order chi connectivity index (χ1) is 12.6. The van der Waals surface area contributed by atoms with E-state index >= 15 is 0 Å². The molecular formula is C21H22N2O3. The predicted molar refractivity (Wildman–Crippen MR) is 101 cm³/mol. The standard InChI is InChI=1S/C21H22N2O3/c24-20(25)11-10-15-13-6-2-1-3-8-17(13)22-19(15)12-16-14-7-4-5-9-18(14)23-21(16)26/h4-5,7,9,12,22H,1-3,6,8,10-11H2,(H,23,26)(H,24,25). The molecule has 134 valence electrons. The van der Waals surface area contributed by atoms with Crippen molar-refractivity contribution in [2.45, 2.75) is 44.9 Å². The van der Waals surface area contributed by atoms with Gasteiger partial charge in [-0.1, -0.05) is 24.6 Å². The van der Waals surface area contributed by atoms with Gasteiger partial charge in [-0.25, -0.2) is 0 Å². The number of fused-ring (bicyclic) bond motifs is 2. The number of carboxylic acid groups (broad SMARTS) is 1. The second-order valence-electron chi connectivity index (χ2n) is 6.99. The van der Waals surface area contributed by atoms with Gasteiger partial charge >= 0.3 is 5.97 Å². The topological polar surface area (TPSA) is 82.2 Å². The highest BCUT2D eigenvalue weighted by atomic mass is 16.4. The molecule has 0 fully saturated rings. The fourth-order valence-electron chi connectivity index (χ4n) is 4.02. The van der Waals surface area contributed by atoms with Gasteiger partial charge in [0.25, 0.3) is 5.91 Å². The first-order valence-corrected chi connectivity index (χ1v) is 9.20. The Morgan fingerprint density at radius 3 is 2.81 bits per heavy atom. The van der Waals surface area contributed by atoms with E-state index in [9.17, 15) is 9.59 Å². The minimum absolute atomic E-state index is 0.100. The summed E-state index contributed by atoms with van der Waals surface area (Å²) in [6, 6.07) is 7.65. The molecule has 0 saturated carbocycles. The van der Waals surface area contributed by atoms with Crippen molar-refractivity contribution >= 4 is 29.2 Å². The molecule has 0 saturated heterocycles. The van der Waals surface area contributed by atoms with Crippen LogP contribution in [0.5, 0.6) is 0 Å². The number of hydrogen-bond donors (Lipinski definition) is 3. The summed E-state index contributed by atoms with van der Waals surface area (Å²) in [5, 5.41) is 12.0. The van der Waals surface area contributed by atoms with Gasteiger partial charge in [0.05, 0.1) is 5.57 Å². The maximum Gasteiger partial charge on any atom is 0.303 e. The Labute approximate surface area is 152 Å². The lowest BCUT2D eigenvalue weighted by atomic mass is 9.98. The van der Waals surface area contributed by atoms with Crippen molar-refractivity contribution in [2.75, 3.05) is 5.32 Å². The SMILES string of the molecule is O=C(O)CCc1c(C=C2C(=O)Nc3ccccc32)[nH]c2c1CCCCC2. The van der Waals surface area contributed by atoms with Crippen molar-refractivity contribution in [3.8, 4) is 0 Å². The molecule has 1 aliphatic carbocycles. The minimum atomic E-state index is -0.795. The van der Waals surface area contributed by atoms with Crippen LogP contribution in [0.15, 0.2) is 24.3 Å². The Morgan fingerprint density at radius 2 is 1.96 bits per heavy atom. The second kappa shape index (κ2) is 6.83. The van der Waals surface area contributed by atoms with E-state index < -0.39 is 5.97 Å². The molecule has 4 rings (SSSR count). The summed E-state index contributed by atoms with van der Waals surface area (Å²) in [7, 11) is 0. The van der Waals surface area contributed by atoms with Crippen LogP contribution in [-0.2, 0) is 28.9 Å². The van der Waals surface area contributed by atoms with Gasteiger partial charge in [0.2, 0.25) is 0 Å². The van der Waals surface area contributed by atoms with Gasteiger partial charge in [-0.2, -0.15) is 0 Å². The van der Waals surface area contributed by atoms with E-state index in [4.69, 9.17) is 5.11 Å². The lowest BCUT2D eigenvalue weighted by Crippen LogP contribution is -2.04. The summed E-state index contributed by atoms with van der Waals surface area (Å²) in [6.07, 6.45) is 7.93. The molecule has 2 aromatic rings. The third-order valence-corrected chi connectivity index (χ3v) is 5.28. The number of para-hydroxylation sites is 1. The summed E-state index contributed by atoms with van der Waals surface area (Å²) in [5.74, 6) is -0.906. The van der Waals surface area contributed by atoms with Gasteiger partial charge in [-0.05, 0) is 55.4 Å². The van der Waals surface area contributed by atoms with Crippen molar-refractivity contribution in [1.29, 1.82) is 0 Å². The first-order valence-electron chi connectivity index (χ1n) is 9.20. The molecule has 0 spiro atoms. The van der Waals surface area contributed by atoms with Crippen LogP contribution in [0.4, 0.5) is 5.69 Å². The van der Waals surface area contributed by atoms with Crippen molar-refractivity contribution in [1.82, 2.24) is 4.98 Å². The quantitative estimate of drug-likeness (QED) is 0.579. The molecule has 1 aliphatic heterocycles. The molecule has 0 radical (unpaired) electrons. The zero-order valence-corrected chi connectivity index (χ0v) is 14.6. The molecule has 0 atom stereocenters. The number of benzene rings is 1. The van der Waals surface area contributed by atoms with Crippen LogP contribution in [0.2, 0.25) is 0 Å². The number of anilines is 1. The average Bonchev–Trinajstić information content (AvgIpc) is 3.00. The molecule has 3 N–H and O–H groups in total. The molecule has 26 heavy (non-hydrogen) atoms. The number of carbonyl (C=O) groups excluding carboxylic acids is 1. The van der Waals surface area contributed by atoms with Crippen molar-refractivity contribution < 1.29 is 14.7 Å². The summed E-state index contributed by atoms with van der Waals surface area (Å²) in [6.45, 7) is 0. The lowest BCUT2D eigenvalue weighted by Gasteiger charge is -2.05. The van der Waals surface area contributed by atoms with E-state index in [0.717, 1.165) is 48.2 Å². The largest absolute Gasteiger partial charge is 0.481 e. The molecule has 1 aromatic heterocycles.